The fraction of sp³-hybridized carbons (Fsp3) is 0.667. The second kappa shape index (κ2) is 7.64. The largest absolute Gasteiger partial charge is 0.369 e. The van der Waals surface area contributed by atoms with Gasteiger partial charge in [-0.05, 0) is 58.2 Å². The maximum absolute atomic E-state index is 3.62. The summed E-state index contributed by atoms with van der Waals surface area (Å²) in [6, 6.07) is 7.11. The topological polar surface area (TPSA) is 15.3 Å². The average molecular weight is 355 g/mol. The van der Waals surface area contributed by atoms with Crippen molar-refractivity contribution in [3.8, 4) is 0 Å². The van der Waals surface area contributed by atoms with Gasteiger partial charge in [0.15, 0.2) is 0 Å². The van der Waals surface area contributed by atoms with Gasteiger partial charge >= 0.3 is 0 Å². The summed E-state index contributed by atoms with van der Waals surface area (Å²) in [7, 11) is 0. The zero-order valence-electron chi connectivity index (χ0n) is 14.6. The third-order valence-electron chi connectivity index (χ3n) is 3.35. The Bertz CT molecular complexity index is 447. The van der Waals surface area contributed by atoms with E-state index in [0.717, 1.165) is 17.6 Å². The van der Waals surface area contributed by atoms with Crippen LogP contribution < -0.4 is 10.2 Å². The normalized spacial score (nSPS) is 12.3. The van der Waals surface area contributed by atoms with Gasteiger partial charge in [0.2, 0.25) is 0 Å². The Kier molecular flexibility index (Phi) is 6.73. The minimum atomic E-state index is 0.130. The first-order valence-electron chi connectivity index (χ1n) is 7.90. The summed E-state index contributed by atoms with van der Waals surface area (Å²) in [5.74, 6) is 0.648. The van der Waals surface area contributed by atoms with Crippen LogP contribution in [-0.4, -0.2) is 18.1 Å². The van der Waals surface area contributed by atoms with Gasteiger partial charge in [0.1, 0.15) is 0 Å². The van der Waals surface area contributed by atoms with Crippen LogP contribution in [0.25, 0.3) is 0 Å². The molecular formula is C18H31BrN2. The molecular weight excluding hydrogens is 324 g/mol. The summed E-state index contributed by atoms with van der Waals surface area (Å²) in [6.07, 6.45) is 0. The Hall–Kier alpha value is -0.540. The molecule has 3 heteroatoms. The molecule has 0 bridgehead atoms. The second-order valence-electron chi connectivity index (χ2n) is 7.52. The molecule has 1 aromatic rings. The fourth-order valence-electron chi connectivity index (χ4n) is 2.29. The van der Waals surface area contributed by atoms with E-state index in [1.54, 1.807) is 0 Å². The molecule has 21 heavy (non-hydrogen) atoms. The van der Waals surface area contributed by atoms with Crippen LogP contribution in [-0.2, 0) is 6.54 Å². The van der Waals surface area contributed by atoms with Crippen molar-refractivity contribution in [2.45, 2.75) is 66.6 Å². The first kappa shape index (κ1) is 18.5. The van der Waals surface area contributed by atoms with Crippen molar-refractivity contribution in [3.63, 3.8) is 0 Å². The number of nitrogens with one attached hydrogen (secondary N) is 1. The Labute approximate surface area is 139 Å². The number of hydrogen-bond acceptors (Lipinski definition) is 2. The van der Waals surface area contributed by atoms with Gasteiger partial charge in [-0.2, -0.15) is 0 Å². The van der Waals surface area contributed by atoms with Crippen LogP contribution in [0, 0.1) is 5.92 Å². The number of hydrogen-bond donors (Lipinski definition) is 1. The van der Waals surface area contributed by atoms with E-state index < -0.39 is 0 Å². The zero-order chi connectivity index (χ0) is 16.2. The van der Waals surface area contributed by atoms with E-state index in [-0.39, 0.29) is 5.54 Å². The lowest BCUT2D eigenvalue weighted by molar-refractivity contribution is 0.424. The molecule has 1 aromatic carbocycles. The number of nitrogens with zero attached hydrogens (tertiary/aromatic N) is 1. The Balaban J connectivity index is 3.09. The molecule has 0 saturated carbocycles. The van der Waals surface area contributed by atoms with Crippen LogP contribution in [0.15, 0.2) is 22.7 Å². The van der Waals surface area contributed by atoms with Gasteiger partial charge in [0, 0.05) is 34.8 Å². The SMILES string of the molecule is CC(C)CN(c1cc(Br)ccc1CNC(C)(C)C)C(C)C. The minimum Gasteiger partial charge on any atom is -0.369 e. The van der Waals surface area contributed by atoms with Crippen LogP contribution in [0.3, 0.4) is 0 Å². The summed E-state index contributed by atoms with van der Waals surface area (Å²) < 4.78 is 1.14. The number of rotatable bonds is 6. The molecule has 0 aliphatic carbocycles. The van der Waals surface area contributed by atoms with Crippen LogP contribution in [0.1, 0.15) is 54.0 Å². The van der Waals surface area contributed by atoms with Gasteiger partial charge < -0.3 is 10.2 Å². The average Bonchev–Trinajstić information content (AvgIpc) is 2.32. The van der Waals surface area contributed by atoms with E-state index in [4.69, 9.17) is 0 Å². The Morgan fingerprint density at radius 1 is 1.14 bits per heavy atom. The highest BCUT2D eigenvalue weighted by Crippen LogP contribution is 2.28. The predicted molar refractivity (Wildman–Crippen MR) is 98.1 cm³/mol. The van der Waals surface area contributed by atoms with Crippen molar-refractivity contribution in [3.05, 3.63) is 28.2 Å². The van der Waals surface area contributed by atoms with Crippen LogP contribution in [0.5, 0.6) is 0 Å². The lowest BCUT2D eigenvalue weighted by atomic mass is 10.1. The molecule has 1 rings (SSSR count). The Morgan fingerprint density at radius 2 is 1.76 bits per heavy atom. The third kappa shape index (κ3) is 6.39. The molecule has 0 atom stereocenters. The molecule has 0 saturated heterocycles. The van der Waals surface area contributed by atoms with Crippen LogP contribution >= 0.6 is 15.9 Å². The second-order valence-corrected chi connectivity index (χ2v) is 8.43. The predicted octanol–water partition coefficient (Wildman–Crippen LogP) is 5.21. The summed E-state index contributed by atoms with van der Waals surface area (Å²) in [4.78, 5) is 2.51. The van der Waals surface area contributed by atoms with Crippen molar-refractivity contribution in [1.29, 1.82) is 0 Å². The number of halogens is 1. The maximum atomic E-state index is 3.62. The maximum Gasteiger partial charge on any atom is 0.0425 e. The summed E-state index contributed by atoms with van der Waals surface area (Å²) in [6.45, 7) is 17.7. The first-order chi connectivity index (χ1) is 9.60. The van der Waals surface area contributed by atoms with E-state index in [1.807, 2.05) is 0 Å². The lowest BCUT2D eigenvalue weighted by Crippen LogP contribution is -2.38. The number of anilines is 1. The van der Waals surface area contributed by atoms with E-state index in [1.165, 1.54) is 11.3 Å². The van der Waals surface area contributed by atoms with Gasteiger partial charge in [-0.15, -0.1) is 0 Å². The zero-order valence-corrected chi connectivity index (χ0v) is 16.2. The van der Waals surface area contributed by atoms with Crippen LogP contribution in [0.4, 0.5) is 5.69 Å². The van der Waals surface area contributed by atoms with Crippen molar-refractivity contribution < 1.29 is 0 Å². The molecule has 0 aromatic heterocycles. The first-order valence-corrected chi connectivity index (χ1v) is 8.69. The highest BCUT2D eigenvalue weighted by atomic mass is 79.9. The van der Waals surface area contributed by atoms with E-state index >= 15 is 0 Å². The van der Waals surface area contributed by atoms with Crippen molar-refractivity contribution in [1.82, 2.24) is 5.32 Å². The van der Waals surface area contributed by atoms with Gasteiger partial charge in [-0.3, -0.25) is 0 Å². The lowest BCUT2D eigenvalue weighted by Gasteiger charge is -2.33. The molecule has 0 aliphatic heterocycles. The van der Waals surface area contributed by atoms with Crippen molar-refractivity contribution in [2.24, 2.45) is 5.92 Å². The molecule has 0 amide bonds. The highest BCUT2D eigenvalue weighted by Gasteiger charge is 2.17. The van der Waals surface area contributed by atoms with Gasteiger partial charge in [0.05, 0.1) is 0 Å². The summed E-state index contributed by atoms with van der Waals surface area (Å²) in [5.41, 5.74) is 2.83. The standard InChI is InChI=1S/C18H31BrN2/c1-13(2)12-21(14(3)4)17-10-16(19)9-8-15(17)11-20-18(5,6)7/h8-10,13-14,20H,11-12H2,1-7H3. The Morgan fingerprint density at radius 3 is 2.24 bits per heavy atom. The van der Waals surface area contributed by atoms with E-state index in [0.29, 0.717) is 12.0 Å². The molecule has 1 N–H and O–H groups in total. The molecule has 0 fully saturated rings. The molecule has 2 nitrogen and oxygen atoms in total. The molecule has 0 spiro atoms. The van der Waals surface area contributed by atoms with Crippen LogP contribution in [0.2, 0.25) is 0 Å². The van der Waals surface area contributed by atoms with Gasteiger partial charge in [-0.1, -0.05) is 35.8 Å². The summed E-state index contributed by atoms with van der Waals surface area (Å²) in [5, 5.41) is 3.60. The van der Waals surface area contributed by atoms with E-state index in [2.05, 4.69) is 92.8 Å². The molecule has 0 aliphatic rings. The monoisotopic (exact) mass is 354 g/mol. The van der Waals surface area contributed by atoms with Gasteiger partial charge in [0.25, 0.3) is 0 Å². The minimum absolute atomic E-state index is 0.130. The van der Waals surface area contributed by atoms with E-state index in [9.17, 15) is 0 Å². The van der Waals surface area contributed by atoms with Gasteiger partial charge in [-0.25, -0.2) is 0 Å². The molecule has 0 heterocycles. The van der Waals surface area contributed by atoms with Crippen molar-refractivity contribution in [2.75, 3.05) is 11.4 Å². The third-order valence-corrected chi connectivity index (χ3v) is 3.84. The molecule has 120 valence electrons. The van der Waals surface area contributed by atoms with Crippen molar-refractivity contribution >= 4 is 21.6 Å². The highest BCUT2D eigenvalue weighted by molar-refractivity contribution is 9.10. The molecule has 0 unspecified atom stereocenters. The fourth-order valence-corrected chi connectivity index (χ4v) is 2.64. The molecule has 0 radical (unpaired) electrons. The number of benzene rings is 1. The quantitative estimate of drug-likeness (QED) is 0.754. The smallest absolute Gasteiger partial charge is 0.0425 e. The summed E-state index contributed by atoms with van der Waals surface area (Å²) >= 11 is 3.62.